The Labute approximate surface area is 177 Å². The van der Waals surface area contributed by atoms with Gasteiger partial charge in [-0.1, -0.05) is 104 Å². The second-order valence-electron chi connectivity index (χ2n) is 9.89. The molecule has 1 saturated heterocycles. The van der Waals surface area contributed by atoms with E-state index in [4.69, 9.17) is 0 Å². The topological polar surface area (TPSA) is 15.3 Å². The Morgan fingerprint density at radius 3 is 2.29 bits per heavy atom. The molecule has 0 amide bonds. The lowest BCUT2D eigenvalue weighted by Crippen LogP contribution is -2.60. The van der Waals surface area contributed by atoms with E-state index >= 15 is 0 Å². The summed E-state index contributed by atoms with van der Waals surface area (Å²) in [6.07, 6.45) is 28.7. The van der Waals surface area contributed by atoms with Gasteiger partial charge in [-0.3, -0.25) is 5.43 Å². The zero-order valence-corrected chi connectivity index (χ0v) is 19.6. The summed E-state index contributed by atoms with van der Waals surface area (Å²) in [5.41, 5.74) is 4.43. The second-order valence-corrected chi connectivity index (χ2v) is 9.89. The summed E-state index contributed by atoms with van der Waals surface area (Å²) >= 11 is 0. The number of nitrogens with one attached hydrogen (secondary N) is 1. The Kier molecular flexibility index (Phi) is 12.8. The van der Waals surface area contributed by atoms with E-state index in [1.807, 2.05) is 0 Å². The lowest BCUT2D eigenvalue weighted by atomic mass is 9.69. The lowest BCUT2D eigenvalue weighted by Gasteiger charge is -2.51. The fourth-order valence-corrected chi connectivity index (χ4v) is 5.98. The van der Waals surface area contributed by atoms with E-state index < -0.39 is 0 Å². The van der Waals surface area contributed by atoms with Gasteiger partial charge in [0, 0.05) is 18.6 Å². The minimum absolute atomic E-state index is 0.442. The van der Waals surface area contributed by atoms with Crippen LogP contribution in [0.15, 0.2) is 0 Å². The predicted octanol–water partition coefficient (Wildman–Crippen LogP) is 8.02. The van der Waals surface area contributed by atoms with E-state index in [1.54, 1.807) is 0 Å². The van der Waals surface area contributed by atoms with Crippen molar-refractivity contribution in [3.05, 3.63) is 0 Å². The molecule has 28 heavy (non-hydrogen) atoms. The zero-order chi connectivity index (χ0) is 19.9. The van der Waals surface area contributed by atoms with Gasteiger partial charge in [0.05, 0.1) is 0 Å². The summed E-state index contributed by atoms with van der Waals surface area (Å²) in [6.45, 7) is 7.19. The van der Waals surface area contributed by atoms with Crippen molar-refractivity contribution in [3.63, 3.8) is 0 Å². The Hall–Kier alpha value is -0.0800. The maximum atomic E-state index is 3.99. The molecular weight excluding hydrogens is 340 g/mol. The van der Waals surface area contributed by atoms with Crippen molar-refractivity contribution >= 4 is 0 Å². The van der Waals surface area contributed by atoms with Gasteiger partial charge in [0.15, 0.2) is 0 Å². The fraction of sp³-hybridized carbons (Fsp3) is 1.00. The molecule has 2 unspecified atom stereocenters. The molecule has 2 heteroatoms. The van der Waals surface area contributed by atoms with Gasteiger partial charge < -0.3 is 0 Å². The highest BCUT2D eigenvalue weighted by molar-refractivity contribution is 4.96. The number of unbranched alkanes of at least 4 members (excludes halogenated alkanes) is 6. The lowest BCUT2D eigenvalue weighted by molar-refractivity contribution is -0.0440. The molecule has 2 atom stereocenters. The second kappa shape index (κ2) is 14.8. The first kappa shape index (κ1) is 24.2. The maximum absolute atomic E-state index is 3.99. The van der Waals surface area contributed by atoms with E-state index in [-0.39, 0.29) is 0 Å². The van der Waals surface area contributed by atoms with E-state index in [2.05, 4.69) is 24.3 Å². The van der Waals surface area contributed by atoms with Gasteiger partial charge >= 0.3 is 0 Å². The average Bonchev–Trinajstić information content (AvgIpc) is 2.66. The Morgan fingerprint density at radius 1 is 0.750 bits per heavy atom. The van der Waals surface area contributed by atoms with Crippen LogP contribution in [0.25, 0.3) is 0 Å². The first-order chi connectivity index (χ1) is 13.8. The molecule has 1 saturated carbocycles. The monoisotopic (exact) mass is 392 g/mol. The molecule has 2 aliphatic rings. The van der Waals surface area contributed by atoms with E-state index in [9.17, 15) is 0 Å². The van der Waals surface area contributed by atoms with Crippen molar-refractivity contribution < 1.29 is 0 Å². The summed E-state index contributed by atoms with van der Waals surface area (Å²) in [4.78, 5) is 0. The van der Waals surface area contributed by atoms with Crippen LogP contribution in [-0.4, -0.2) is 23.6 Å². The predicted molar refractivity (Wildman–Crippen MR) is 125 cm³/mol. The molecule has 0 aromatic rings. The highest BCUT2D eigenvalue weighted by Gasteiger charge is 2.42. The van der Waals surface area contributed by atoms with Crippen LogP contribution >= 0.6 is 0 Å². The van der Waals surface area contributed by atoms with Crippen molar-refractivity contribution in [2.45, 2.75) is 148 Å². The van der Waals surface area contributed by atoms with Crippen LogP contribution < -0.4 is 5.43 Å². The maximum Gasteiger partial charge on any atom is 0.0382 e. The summed E-state index contributed by atoms with van der Waals surface area (Å²) < 4.78 is 0. The highest BCUT2D eigenvalue weighted by atomic mass is 15.5. The van der Waals surface area contributed by atoms with Crippen LogP contribution in [0.2, 0.25) is 0 Å². The molecule has 0 bridgehead atoms. The third-order valence-corrected chi connectivity index (χ3v) is 7.69. The standard InChI is InChI=1S/C26H52N2/c1-3-5-7-13-19-25-20-14-9-10-16-22-26(25,21-15-8-6-4-2)28-24-18-12-11-17-23-27-28/h25,27H,3-24H2,1-2H3. The first-order valence-corrected chi connectivity index (χ1v) is 13.3. The van der Waals surface area contributed by atoms with Crippen molar-refractivity contribution in [2.24, 2.45) is 5.92 Å². The molecular formula is C26H52N2. The molecule has 1 aliphatic carbocycles. The van der Waals surface area contributed by atoms with Gasteiger partial charge in [-0.05, 0) is 44.4 Å². The molecule has 1 N–H and O–H groups in total. The van der Waals surface area contributed by atoms with Gasteiger partial charge in [-0.15, -0.1) is 0 Å². The van der Waals surface area contributed by atoms with E-state index in [0.717, 1.165) is 5.92 Å². The van der Waals surface area contributed by atoms with Gasteiger partial charge in [-0.2, -0.15) is 0 Å². The number of hydrazine groups is 1. The average molecular weight is 393 g/mol. The van der Waals surface area contributed by atoms with Crippen molar-refractivity contribution in [3.8, 4) is 0 Å². The normalized spacial score (nSPS) is 28.3. The van der Waals surface area contributed by atoms with Gasteiger partial charge in [0.25, 0.3) is 0 Å². The van der Waals surface area contributed by atoms with Crippen LogP contribution in [0.1, 0.15) is 142 Å². The van der Waals surface area contributed by atoms with Crippen LogP contribution in [0.3, 0.4) is 0 Å². The summed E-state index contributed by atoms with van der Waals surface area (Å²) in [6, 6.07) is 0. The van der Waals surface area contributed by atoms with Crippen molar-refractivity contribution in [1.82, 2.24) is 10.4 Å². The quantitative estimate of drug-likeness (QED) is 0.358. The van der Waals surface area contributed by atoms with Crippen molar-refractivity contribution in [2.75, 3.05) is 13.1 Å². The number of hydrogen-bond donors (Lipinski definition) is 1. The summed E-state index contributed by atoms with van der Waals surface area (Å²) in [5.74, 6) is 0.915. The summed E-state index contributed by atoms with van der Waals surface area (Å²) in [7, 11) is 0. The molecule has 0 aromatic heterocycles. The van der Waals surface area contributed by atoms with Gasteiger partial charge in [0.1, 0.15) is 0 Å². The molecule has 1 heterocycles. The molecule has 2 rings (SSSR count). The highest BCUT2D eigenvalue weighted by Crippen LogP contribution is 2.43. The van der Waals surface area contributed by atoms with Crippen LogP contribution in [0.4, 0.5) is 0 Å². The molecule has 0 aromatic carbocycles. The smallest absolute Gasteiger partial charge is 0.0382 e. The van der Waals surface area contributed by atoms with E-state index in [1.165, 1.54) is 142 Å². The Morgan fingerprint density at radius 2 is 1.46 bits per heavy atom. The molecule has 0 radical (unpaired) electrons. The fourth-order valence-electron chi connectivity index (χ4n) is 5.98. The zero-order valence-electron chi connectivity index (χ0n) is 19.6. The van der Waals surface area contributed by atoms with Crippen LogP contribution in [0, 0.1) is 5.92 Å². The number of rotatable bonds is 11. The van der Waals surface area contributed by atoms with E-state index in [0.29, 0.717) is 5.54 Å². The Bertz CT molecular complexity index is 361. The van der Waals surface area contributed by atoms with Crippen LogP contribution in [-0.2, 0) is 0 Å². The van der Waals surface area contributed by atoms with Gasteiger partial charge in [0.2, 0.25) is 0 Å². The number of nitrogens with zero attached hydrogens (tertiary/aromatic N) is 1. The number of hydrogen-bond acceptors (Lipinski definition) is 2. The minimum atomic E-state index is 0.442. The van der Waals surface area contributed by atoms with Gasteiger partial charge in [-0.25, -0.2) is 5.01 Å². The first-order valence-electron chi connectivity index (χ1n) is 13.3. The SMILES string of the molecule is CCCCCCC1CCCCCCC1(CCCCCC)N1CCCCCCN1. The largest absolute Gasteiger partial charge is 0.255 e. The molecule has 2 nitrogen and oxygen atoms in total. The molecule has 166 valence electrons. The molecule has 2 fully saturated rings. The summed E-state index contributed by atoms with van der Waals surface area (Å²) in [5, 5.41) is 2.84. The minimum Gasteiger partial charge on any atom is -0.255 e. The molecule has 1 aliphatic heterocycles. The van der Waals surface area contributed by atoms with Crippen molar-refractivity contribution in [1.29, 1.82) is 0 Å². The molecule has 0 spiro atoms. The Balaban J connectivity index is 2.16. The third-order valence-electron chi connectivity index (χ3n) is 7.69. The van der Waals surface area contributed by atoms with Crippen LogP contribution in [0.5, 0.6) is 0 Å². The third kappa shape index (κ3) is 7.98.